The van der Waals surface area contributed by atoms with Crippen LogP contribution in [0.15, 0.2) is 67.5 Å². The van der Waals surface area contributed by atoms with Crippen molar-refractivity contribution < 1.29 is 0 Å². The Kier molecular flexibility index (Phi) is 5.63. The topological polar surface area (TPSA) is 80.3 Å². The summed E-state index contributed by atoms with van der Waals surface area (Å²) in [6.45, 7) is 4.67. The Hall–Kier alpha value is -3.82. The van der Waals surface area contributed by atoms with Gasteiger partial charge in [0.1, 0.15) is 11.3 Å². The molecule has 0 radical (unpaired) electrons. The van der Waals surface area contributed by atoms with Crippen molar-refractivity contribution in [1.29, 1.82) is 0 Å². The van der Waals surface area contributed by atoms with Crippen molar-refractivity contribution in [3.8, 4) is 22.5 Å². The molecule has 0 aromatic carbocycles. The summed E-state index contributed by atoms with van der Waals surface area (Å²) in [6.07, 6.45) is 10.9. The number of nitrogens with zero attached hydrogens (tertiary/aromatic N) is 9. The van der Waals surface area contributed by atoms with E-state index >= 15 is 0 Å². The van der Waals surface area contributed by atoms with Crippen LogP contribution in [-0.4, -0.2) is 65.4 Å². The molecule has 0 bridgehead atoms. The van der Waals surface area contributed by atoms with Crippen LogP contribution in [0.1, 0.15) is 5.69 Å². The van der Waals surface area contributed by atoms with Gasteiger partial charge in [0.15, 0.2) is 0 Å². The molecule has 5 aromatic heterocycles. The third-order valence-corrected chi connectivity index (χ3v) is 6.56. The number of aromatic nitrogens is 7. The number of pyridine rings is 2. The largest absolute Gasteiger partial charge is 0.354 e. The molecule has 1 aliphatic heterocycles. The van der Waals surface area contributed by atoms with Gasteiger partial charge in [-0.3, -0.25) is 14.6 Å². The smallest absolute Gasteiger partial charge is 0.128 e. The summed E-state index contributed by atoms with van der Waals surface area (Å²) in [4.78, 5) is 18.9. The van der Waals surface area contributed by atoms with Gasteiger partial charge in [0.05, 0.1) is 40.7 Å². The van der Waals surface area contributed by atoms with Crippen molar-refractivity contribution in [3.05, 3.63) is 78.2 Å². The molecule has 1 fully saturated rings. The fraction of sp³-hybridized carbons (Fsp3) is 0.240. The number of hydrogen-bond acceptors (Lipinski definition) is 7. The van der Waals surface area contributed by atoms with E-state index in [4.69, 9.17) is 21.6 Å². The Morgan fingerprint density at radius 1 is 0.886 bits per heavy atom. The van der Waals surface area contributed by atoms with Crippen molar-refractivity contribution in [2.75, 3.05) is 31.1 Å². The quantitative estimate of drug-likeness (QED) is 0.376. The van der Waals surface area contributed by atoms with Crippen LogP contribution >= 0.6 is 11.6 Å². The highest BCUT2D eigenvalue weighted by Gasteiger charge is 2.20. The van der Waals surface area contributed by atoms with Crippen LogP contribution in [-0.2, 0) is 13.6 Å². The maximum absolute atomic E-state index is 6.48. The van der Waals surface area contributed by atoms with Crippen molar-refractivity contribution in [3.63, 3.8) is 0 Å². The lowest BCUT2D eigenvalue weighted by Gasteiger charge is -2.35. The summed E-state index contributed by atoms with van der Waals surface area (Å²) in [5.74, 6) is 0.963. The molecule has 1 aliphatic rings. The number of rotatable bonds is 5. The Balaban J connectivity index is 1.23. The first-order valence-electron chi connectivity index (χ1n) is 11.5. The standard InChI is InChI=1S/C25H24ClN9/c1-32-15-19(13-29-32)22-17-35-25(21(26)14-30-35)24(31-22)18-5-6-23(28-12-18)34-10-8-33(9-11-34)16-20-4-2-3-7-27-20/h2-7,12-15,17H,8-11,16H2,1H3. The number of halogens is 1. The number of fused-ring (bicyclic) bond motifs is 1. The van der Waals surface area contributed by atoms with Crippen molar-refractivity contribution >= 4 is 22.9 Å². The van der Waals surface area contributed by atoms with E-state index in [9.17, 15) is 0 Å². The first-order valence-corrected chi connectivity index (χ1v) is 11.9. The second-order valence-electron chi connectivity index (χ2n) is 8.65. The van der Waals surface area contributed by atoms with Crippen LogP contribution < -0.4 is 4.90 Å². The average molecular weight is 486 g/mol. The SMILES string of the molecule is Cn1cc(-c2cn3ncc(Cl)c3c(-c3ccc(N4CCN(Cc5ccccn5)CC4)nc3)n2)cn1. The van der Waals surface area contributed by atoms with E-state index in [0.717, 1.165) is 72.3 Å². The molecule has 176 valence electrons. The second kappa shape index (κ2) is 9.09. The lowest BCUT2D eigenvalue weighted by molar-refractivity contribution is 0.246. The zero-order valence-electron chi connectivity index (χ0n) is 19.3. The highest BCUT2D eigenvalue weighted by atomic mass is 35.5. The highest BCUT2D eigenvalue weighted by molar-refractivity contribution is 6.34. The van der Waals surface area contributed by atoms with E-state index in [1.165, 1.54) is 0 Å². The highest BCUT2D eigenvalue weighted by Crippen LogP contribution is 2.31. The molecule has 6 rings (SSSR count). The Morgan fingerprint density at radius 2 is 1.77 bits per heavy atom. The molecular weight excluding hydrogens is 462 g/mol. The fourth-order valence-corrected chi connectivity index (χ4v) is 4.66. The molecule has 5 aromatic rings. The Bertz CT molecular complexity index is 1450. The van der Waals surface area contributed by atoms with Gasteiger partial charge in [-0.25, -0.2) is 14.5 Å². The minimum absolute atomic E-state index is 0.554. The Morgan fingerprint density at radius 3 is 2.49 bits per heavy atom. The lowest BCUT2D eigenvalue weighted by Crippen LogP contribution is -2.46. The predicted octanol–water partition coefficient (Wildman–Crippen LogP) is 3.56. The number of anilines is 1. The molecule has 9 nitrogen and oxygen atoms in total. The molecule has 0 unspecified atom stereocenters. The second-order valence-corrected chi connectivity index (χ2v) is 9.06. The van der Waals surface area contributed by atoms with Crippen molar-refractivity contribution in [2.24, 2.45) is 7.05 Å². The Labute approximate surface area is 207 Å². The van der Waals surface area contributed by atoms with E-state index < -0.39 is 0 Å². The summed E-state index contributed by atoms with van der Waals surface area (Å²) < 4.78 is 3.52. The molecule has 0 N–H and O–H groups in total. The molecule has 0 amide bonds. The normalized spacial score (nSPS) is 14.6. The lowest BCUT2D eigenvalue weighted by atomic mass is 10.1. The third-order valence-electron chi connectivity index (χ3n) is 6.28. The van der Waals surface area contributed by atoms with Crippen LogP contribution in [0, 0.1) is 0 Å². The van der Waals surface area contributed by atoms with E-state index in [1.54, 1.807) is 21.6 Å². The van der Waals surface area contributed by atoms with Gasteiger partial charge in [0.2, 0.25) is 0 Å². The minimum atomic E-state index is 0.554. The molecule has 0 saturated carbocycles. The predicted molar refractivity (Wildman–Crippen MR) is 135 cm³/mol. The molecule has 0 atom stereocenters. The summed E-state index contributed by atoms with van der Waals surface area (Å²) >= 11 is 6.48. The van der Waals surface area contributed by atoms with Gasteiger partial charge in [-0.2, -0.15) is 10.2 Å². The first-order chi connectivity index (χ1) is 17.1. The van der Waals surface area contributed by atoms with E-state index in [-0.39, 0.29) is 0 Å². The fourth-order valence-electron chi connectivity index (χ4n) is 4.44. The monoisotopic (exact) mass is 485 g/mol. The zero-order chi connectivity index (χ0) is 23.8. The van der Waals surface area contributed by atoms with Crippen molar-refractivity contribution in [1.82, 2.24) is 39.2 Å². The van der Waals surface area contributed by atoms with E-state index in [1.807, 2.05) is 44.0 Å². The number of hydrogen-bond donors (Lipinski definition) is 0. The van der Waals surface area contributed by atoms with Gasteiger partial charge in [0, 0.05) is 69.5 Å². The molecule has 0 spiro atoms. The van der Waals surface area contributed by atoms with Gasteiger partial charge in [-0.05, 0) is 24.3 Å². The molecule has 10 heteroatoms. The van der Waals surface area contributed by atoms with Gasteiger partial charge < -0.3 is 4.90 Å². The number of aryl methyl sites for hydroxylation is 1. The molecule has 1 saturated heterocycles. The molecule has 35 heavy (non-hydrogen) atoms. The van der Waals surface area contributed by atoms with Gasteiger partial charge in [-0.15, -0.1) is 0 Å². The summed E-state index contributed by atoms with van der Waals surface area (Å²) in [5.41, 5.74) is 5.18. The summed E-state index contributed by atoms with van der Waals surface area (Å²) in [6, 6.07) is 10.2. The van der Waals surface area contributed by atoms with E-state index in [2.05, 4.69) is 43.2 Å². The number of piperazine rings is 1. The van der Waals surface area contributed by atoms with Crippen LogP contribution in [0.2, 0.25) is 5.02 Å². The van der Waals surface area contributed by atoms with Crippen molar-refractivity contribution in [2.45, 2.75) is 6.54 Å². The maximum Gasteiger partial charge on any atom is 0.128 e. The zero-order valence-corrected chi connectivity index (χ0v) is 20.0. The minimum Gasteiger partial charge on any atom is -0.354 e. The molecule has 0 aliphatic carbocycles. The van der Waals surface area contributed by atoms with Crippen LogP contribution in [0.25, 0.3) is 28.0 Å². The molecule has 6 heterocycles. The van der Waals surface area contributed by atoms with Crippen LogP contribution in [0.4, 0.5) is 5.82 Å². The van der Waals surface area contributed by atoms with Gasteiger partial charge >= 0.3 is 0 Å². The van der Waals surface area contributed by atoms with Gasteiger partial charge in [-0.1, -0.05) is 17.7 Å². The van der Waals surface area contributed by atoms with E-state index in [0.29, 0.717) is 5.02 Å². The van der Waals surface area contributed by atoms with Crippen LogP contribution in [0.5, 0.6) is 0 Å². The molecular formula is C25H24ClN9. The van der Waals surface area contributed by atoms with Gasteiger partial charge in [0.25, 0.3) is 0 Å². The average Bonchev–Trinajstić information content (AvgIpc) is 3.50. The third kappa shape index (κ3) is 4.36. The van der Waals surface area contributed by atoms with Crippen LogP contribution in [0.3, 0.4) is 0 Å². The summed E-state index contributed by atoms with van der Waals surface area (Å²) in [7, 11) is 1.88. The maximum atomic E-state index is 6.48. The first kappa shape index (κ1) is 21.7. The summed E-state index contributed by atoms with van der Waals surface area (Å²) in [5, 5.41) is 9.23.